The van der Waals surface area contributed by atoms with Gasteiger partial charge in [-0.25, -0.2) is 0 Å². The van der Waals surface area contributed by atoms with Crippen molar-refractivity contribution >= 4 is 0 Å². The molecule has 1 aliphatic rings. The van der Waals surface area contributed by atoms with Crippen molar-refractivity contribution in [3.8, 4) is 11.5 Å². The summed E-state index contributed by atoms with van der Waals surface area (Å²) in [6.07, 6.45) is 0.709. The molecule has 2 N–H and O–H groups in total. The lowest BCUT2D eigenvalue weighted by Gasteiger charge is -2.41. The Bertz CT molecular complexity index is 435. The van der Waals surface area contributed by atoms with Gasteiger partial charge in [0.1, 0.15) is 17.1 Å². The molecule has 4 nitrogen and oxygen atoms in total. The maximum Gasteiger partial charge on any atom is 0.134 e. The normalized spacial score (nSPS) is 28.2. The van der Waals surface area contributed by atoms with E-state index in [1.807, 2.05) is 32.0 Å². The van der Waals surface area contributed by atoms with E-state index in [1.54, 1.807) is 14.2 Å². The van der Waals surface area contributed by atoms with Crippen molar-refractivity contribution in [1.29, 1.82) is 0 Å². The summed E-state index contributed by atoms with van der Waals surface area (Å²) in [5.74, 6) is 1.62. The molecule has 0 fully saturated rings. The molecule has 0 aliphatic carbocycles. The van der Waals surface area contributed by atoms with Gasteiger partial charge in [0.2, 0.25) is 0 Å². The molecule has 1 heterocycles. The Balaban J connectivity index is 2.35. The Kier molecular flexibility index (Phi) is 3.50. The van der Waals surface area contributed by atoms with Gasteiger partial charge >= 0.3 is 0 Å². The zero-order valence-electron chi connectivity index (χ0n) is 11.4. The van der Waals surface area contributed by atoms with Crippen molar-refractivity contribution in [3.05, 3.63) is 23.8 Å². The molecule has 0 saturated carbocycles. The van der Waals surface area contributed by atoms with Gasteiger partial charge in [-0.2, -0.15) is 0 Å². The summed E-state index contributed by atoms with van der Waals surface area (Å²) in [6.45, 7) is 4.04. The van der Waals surface area contributed by atoms with Gasteiger partial charge in [0, 0.05) is 25.1 Å². The van der Waals surface area contributed by atoms with Crippen molar-refractivity contribution in [2.24, 2.45) is 5.73 Å². The Morgan fingerprint density at radius 3 is 2.78 bits per heavy atom. The molecule has 2 rings (SSSR count). The summed E-state index contributed by atoms with van der Waals surface area (Å²) >= 11 is 0. The average molecular weight is 251 g/mol. The summed E-state index contributed by atoms with van der Waals surface area (Å²) in [6, 6.07) is 5.67. The number of benzene rings is 1. The molecule has 0 bridgehead atoms. The van der Waals surface area contributed by atoms with Crippen LogP contribution in [0.2, 0.25) is 0 Å². The minimum Gasteiger partial charge on any atom is -0.497 e. The first-order valence-corrected chi connectivity index (χ1v) is 6.15. The second-order valence-corrected chi connectivity index (χ2v) is 5.01. The SMILES string of the molecule is COc1ccc2c(c1)C(N)CC(C)(C(C)OC)O2. The molecule has 3 atom stereocenters. The van der Waals surface area contributed by atoms with Crippen LogP contribution < -0.4 is 15.2 Å². The summed E-state index contributed by atoms with van der Waals surface area (Å²) < 4.78 is 16.7. The number of ether oxygens (including phenoxy) is 3. The number of hydrogen-bond acceptors (Lipinski definition) is 4. The maximum absolute atomic E-state index is 6.25. The third kappa shape index (κ3) is 2.18. The highest BCUT2D eigenvalue weighted by Crippen LogP contribution is 2.41. The molecule has 1 aliphatic heterocycles. The zero-order chi connectivity index (χ0) is 13.3. The fraction of sp³-hybridized carbons (Fsp3) is 0.571. The summed E-state index contributed by atoms with van der Waals surface area (Å²) in [5, 5.41) is 0. The molecule has 4 heteroatoms. The van der Waals surface area contributed by atoms with Crippen molar-refractivity contribution in [1.82, 2.24) is 0 Å². The number of rotatable bonds is 3. The minimum absolute atomic E-state index is 0.0150. The van der Waals surface area contributed by atoms with E-state index in [0.29, 0.717) is 0 Å². The lowest BCUT2D eigenvalue weighted by Crippen LogP contribution is -2.49. The van der Waals surface area contributed by atoms with E-state index in [0.717, 1.165) is 23.5 Å². The number of fused-ring (bicyclic) bond motifs is 1. The van der Waals surface area contributed by atoms with Crippen molar-refractivity contribution in [2.75, 3.05) is 14.2 Å². The molecule has 3 unspecified atom stereocenters. The molecular weight excluding hydrogens is 230 g/mol. The third-order valence-corrected chi connectivity index (χ3v) is 3.80. The maximum atomic E-state index is 6.25. The number of methoxy groups -OCH3 is 2. The fourth-order valence-corrected chi connectivity index (χ4v) is 2.37. The highest BCUT2D eigenvalue weighted by Gasteiger charge is 2.40. The molecule has 0 radical (unpaired) electrons. The van der Waals surface area contributed by atoms with E-state index in [-0.39, 0.29) is 12.1 Å². The van der Waals surface area contributed by atoms with Gasteiger partial charge in [-0.15, -0.1) is 0 Å². The van der Waals surface area contributed by atoms with E-state index < -0.39 is 5.60 Å². The van der Waals surface area contributed by atoms with Crippen molar-refractivity contribution in [3.63, 3.8) is 0 Å². The second kappa shape index (κ2) is 4.78. The first-order chi connectivity index (χ1) is 8.50. The molecule has 18 heavy (non-hydrogen) atoms. The van der Waals surface area contributed by atoms with Crippen LogP contribution in [0.25, 0.3) is 0 Å². The van der Waals surface area contributed by atoms with Gasteiger partial charge in [-0.1, -0.05) is 0 Å². The highest BCUT2D eigenvalue weighted by molar-refractivity contribution is 5.44. The van der Waals surface area contributed by atoms with Crippen LogP contribution in [0.15, 0.2) is 18.2 Å². The van der Waals surface area contributed by atoms with Crippen LogP contribution in [-0.2, 0) is 4.74 Å². The molecule has 100 valence electrons. The highest BCUT2D eigenvalue weighted by atomic mass is 16.5. The van der Waals surface area contributed by atoms with Gasteiger partial charge < -0.3 is 19.9 Å². The van der Waals surface area contributed by atoms with E-state index >= 15 is 0 Å². The van der Waals surface area contributed by atoms with Gasteiger partial charge in [0.25, 0.3) is 0 Å². The molecule has 0 spiro atoms. The van der Waals surface area contributed by atoms with Crippen molar-refractivity contribution in [2.45, 2.75) is 38.0 Å². The van der Waals surface area contributed by atoms with E-state index in [9.17, 15) is 0 Å². The summed E-state index contributed by atoms with van der Waals surface area (Å²) in [5.41, 5.74) is 6.85. The minimum atomic E-state index is -0.393. The molecule has 1 aromatic carbocycles. The number of nitrogens with two attached hydrogens (primary N) is 1. The lowest BCUT2D eigenvalue weighted by molar-refractivity contribution is -0.0707. The molecule has 0 aromatic heterocycles. The van der Waals surface area contributed by atoms with Crippen LogP contribution in [0, 0.1) is 0 Å². The zero-order valence-corrected chi connectivity index (χ0v) is 11.4. The summed E-state index contributed by atoms with van der Waals surface area (Å²) in [4.78, 5) is 0. The van der Waals surface area contributed by atoms with Crippen LogP contribution in [0.1, 0.15) is 31.9 Å². The van der Waals surface area contributed by atoms with Crippen LogP contribution in [0.4, 0.5) is 0 Å². The monoisotopic (exact) mass is 251 g/mol. The lowest BCUT2D eigenvalue weighted by atomic mass is 9.85. The topological polar surface area (TPSA) is 53.7 Å². The van der Waals surface area contributed by atoms with E-state index in [1.165, 1.54) is 0 Å². The van der Waals surface area contributed by atoms with Crippen LogP contribution in [0.3, 0.4) is 0 Å². The van der Waals surface area contributed by atoms with Gasteiger partial charge in [0.05, 0.1) is 13.2 Å². The number of hydrogen-bond donors (Lipinski definition) is 1. The van der Waals surface area contributed by atoms with Crippen LogP contribution >= 0.6 is 0 Å². The Labute approximate surface area is 108 Å². The van der Waals surface area contributed by atoms with Crippen LogP contribution in [0.5, 0.6) is 11.5 Å². The van der Waals surface area contributed by atoms with Gasteiger partial charge in [0.15, 0.2) is 0 Å². The Hall–Kier alpha value is -1.26. The fourth-order valence-electron chi connectivity index (χ4n) is 2.37. The smallest absolute Gasteiger partial charge is 0.134 e. The van der Waals surface area contributed by atoms with E-state index in [2.05, 4.69) is 0 Å². The largest absolute Gasteiger partial charge is 0.497 e. The van der Waals surface area contributed by atoms with Crippen LogP contribution in [-0.4, -0.2) is 25.9 Å². The molecule has 0 saturated heterocycles. The predicted octanol–water partition coefficient (Wildman–Crippen LogP) is 2.27. The summed E-state index contributed by atoms with van der Waals surface area (Å²) in [7, 11) is 3.34. The third-order valence-electron chi connectivity index (χ3n) is 3.80. The first-order valence-electron chi connectivity index (χ1n) is 6.15. The molecular formula is C14H21NO3. The average Bonchev–Trinajstić information content (AvgIpc) is 2.37. The van der Waals surface area contributed by atoms with Crippen molar-refractivity contribution < 1.29 is 14.2 Å². The van der Waals surface area contributed by atoms with Gasteiger partial charge in [-0.05, 0) is 32.0 Å². The quantitative estimate of drug-likeness (QED) is 0.895. The Morgan fingerprint density at radius 1 is 1.44 bits per heavy atom. The molecule has 0 amide bonds. The van der Waals surface area contributed by atoms with Gasteiger partial charge in [-0.3, -0.25) is 0 Å². The second-order valence-electron chi connectivity index (χ2n) is 5.01. The predicted molar refractivity (Wildman–Crippen MR) is 70.0 cm³/mol. The first kappa shape index (κ1) is 13.2. The standard InChI is InChI=1S/C14H21NO3/c1-9(16-3)14(2)8-12(15)11-7-10(17-4)5-6-13(11)18-14/h5-7,9,12H,8,15H2,1-4H3. The Morgan fingerprint density at radius 2 is 2.17 bits per heavy atom. The van der Waals surface area contributed by atoms with E-state index in [4.69, 9.17) is 19.9 Å². The molecule has 1 aromatic rings.